The van der Waals surface area contributed by atoms with Gasteiger partial charge in [0.25, 0.3) is 11.7 Å². The molecular weight excluding hydrogens is 438 g/mol. The largest absolute Gasteiger partial charge is 0.507 e. The lowest BCUT2D eigenvalue weighted by molar-refractivity contribution is -0.140. The number of aliphatic hydroxyl groups is 1. The molecule has 3 aromatic carbocycles. The number of ether oxygens (including phenoxy) is 1. The van der Waals surface area contributed by atoms with E-state index in [-0.39, 0.29) is 24.0 Å². The molecule has 166 valence electrons. The average molecular weight is 460 g/mol. The van der Waals surface area contributed by atoms with Crippen molar-refractivity contribution in [3.63, 3.8) is 0 Å². The molecule has 5 rings (SSSR count). The zero-order valence-corrected chi connectivity index (χ0v) is 18.8. The van der Waals surface area contributed by atoms with E-state index in [1.165, 1.54) is 4.90 Å². The first-order valence-electron chi connectivity index (χ1n) is 10.8. The molecule has 0 radical (unpaired) electrons. The van der Waals surface area contributed by atoms with Gasteiger partial charge in [-0.2, -0.15) is 0 Å². The molecule has 1 amide bonds. The zero-order chi connectivity index (χ0) is 23.1. The van der Waals surface area contributed by atoms with Crippen LogP contribution in [0.2, 0.25) is 5.02 Å². The highest BCUT2D eigenvalue weighted by Crippen LogP contribution is 2.41. The maximum atomic E-state index is 13.2. The molecule has 6 heteroatoms. The lowest BCUT2D eigenvalue weighted by Gasteiger charge is -2.25. The number of hydrogen-bond donors (Lipinski definition) is 1. The lowest BCUT2D eigenvalue weighted by Crippen LogP contribution is -2.29. The Morgan fingerprint density at radius 2 is 1.79 bits per heavy atom. The molecule has 5 nitrogen and oxygen atoms in total. The van der Waals surface area contributed by atoms with Crippen molar-refractivity contribution in [3.8, 4) is 5.75 Å². The first-order chi connectivity index (χ1) is 15.9. The maximum Gasteiger partial charge on any atom is 0.295 e. The van der Waals surface area contributed by atoms with Gasteiger partial charge in [-0.1, -0.05) is 54.1 Å². The third kappa shape index (κ3) is 3.89. The molecule has 0 aliphatic carbocycles. The number of rotatable bonds is 4. The lowest BCUT2D eigenvalue weighted by atomic mass is 9.94. The topological polar surface area (TPSA) is 66.8 Å². The van der Waals surface area contributed by atoms with Crippen LogP contribution in [0.5, 0.6) is 5.75 Å². The fourth-order valence-corrected chi connectivity index (χ4v) is 4.67. The van der Waals surface area contributed by atoms with Crippen molar-refractivity contribution >= 4 is 29.1 Å². The minimum Gasteiger partial charge on any atom is -0.507 e. The number of aliphatic hydroxyl groups excluding tert-OH is 1. The fourth-order valence-electron chi connectivity index (χ4n) is 4.54. The summed E-state index contributed by atoms with van der Waals surface area (Å²) in [5.74, 6) is -0.754. The van der Waals surface area contributed by atoms with Crippen LogP contribution in [-0.2, 0) is 22.6 Å². The second-order valence-corrected chi connectivity index (χ2v) is 8.86. The highest BCUT2D eigenvalue weighted by Gasteiger charge is 2.46. The van der Waals surface area contributed by atoms with Crippen LogP contribution < -0.4 is 4.74 Å². The molecule has 1 fully saturated rings. The molecule has 0 saturated carbocycles. The van der Waals surface area contributed by atoms with Crippen molar-refractivity contribution in [1.82, 2.24) is 4.90 Å². The summed E-state index contributed by atoms with van der Waals surface area (Å²) in [6, 6.07) is 21.1. The second kappa shape index (κ2) is 8.41. The van der Waals surface area contributed by atoms with E-state index in [0.717, 1.165) is 23.3 Å². The van der Waals surface area contributed by atoms with Gasteiger partial charge in [-0.3, -0.25) is 9.59 Å². The van der Waals surface area contributed by atoms with Crippen molar-refractivity contribution in [2.75, 3.05) is 0 Å². The SMILES string of the molecule is C[C@@H]1Cc2cc(/C(O)=C3\C(=O)C(=O)N(Cc4ccccc4)[C@@H]3c3ccc(Cl)cc3)ccc2O1. The van der Waals surface area contributed by atoms with Gasteiger partial charge in [0.1, 0.15) is 17.6 Å². The first kappa shape index (κ1) is 21.3. The number of amides is 1. The number of carbonyl (C=O) groups excluding carboxylic acids is 2. The van der Waals surface area contributed by atoms with E-state index in [0.29, 0.717) is 16.1 Å². The number of benzene rings is 3. The second-order valence-electron chi connectivity index (χ2n) is 8.42. The van der Waals surface area contributed by atoms with Gasteiger partial charge in [-0.25, -0.2) is 0 Å². The number of ketones is 1. The number of halogens is 1. The van der Waals surface area contributed by atoms with Gasteiger partial charge < -0.3 is 14.7 Å². The quantitative estimate of drug-likeness (QED) is 0.327. The van der Waals surface area contributed by atoms with Gasteiger partial charge in [-0.05, 0) is 53.9 Å². The predicted molar refractivity (Wildman–Crippen MR) is 126 cm³/mol. The van der Waals surface area contributed by atoms with Crippen LogP contribution in [0.25, 0.3) is 5.76 Å². The Morgan fingerprint density at radius 1 is 1.06 bits per heavy atom. The van der Waals surface area contributed by atoms with E-state index in [1.54, 1.807) is 36.4 Å². The summed E-state index contributed by atoms with van der Waals surface area (Å²) in [5, 5.41) is 11.8. The molecule has 2 aliphatic heterocycles. The standard InChI is InChI=1S/C27H22ClNO4/c1-16-13-20-14-19(9-12-22(20)33-16)25(30)23-24(18-7-10-21(28)11-8-18)29(27(32)26(23)31)15-17-5-3-2-4-6-17/h2-12,14,16,24,30H,13,15H2,1H3/b25-23+/t16-,24-/m1/s1. The van der Waals surface area contributed by atoms with Crippen molar-refractivity contribution in [2.24, 2.45) is 0 Å². The molecule has 0 spiro atoms. The van der Waals surface area contributed by atoms with Crippen LogP contribution in [0.15, 0.2) is 78.4 Å². The number of carbonyl (C=O) groups is 2. The van der Waals surface area contributed by atoms with Gasteiger partial charge in [0, 0.05) is 23.6 Å². The molecule has 2 heterocycles. The van der Waals surface area contributed by atoms with E-state index in [2.05, 4.69) is 0 Å². The molecule has 2 atom stereocenters. The zero-order valence-electron chi connectivity index (χ0n) is 18.0. The number of hydrogen-bond acceptors (Lipinski definition) is 4. The molecule has 3 aromatic rings. The van der Waals surface area contributed by atoms with E-state index < -0.39 is 17.7 Å². The van der Waals surface area contributed by atoms with Crippen LogP contribution in [0.3, 0.4) is 0 Å². The molecule has 2 aliphatic rings. The third-order valence-electron chi connectivity index (χ3n) is 6.09. The number of nitrogens with zero attached hydrogens (tertiary/aromatic N) is 1. The van der Waals surface area contributed by atoms with Crippen LogP contribution in [0.4, 0.5) is 0 Å². The normalized spacial score (nSPS) is 21.2. The van der Waals surface area contributed by atoms with Crippen molar-refractivity contribution in [1.29, 1.82) is 0 Å². The van der Waals surface area contributed by atoms with Crippen molar-refractivity contribution in [2.45, 2.75) is 32.0 Å². The summed E-state index contributed by atoms with van der Waals surface area (Å²) in [6.07, 6.45) is 0.780. The van der Waals surface area contributed by atoms with Gasteiger partial charge in [0.2, 0.25) is 0 Å². The third-order valence-corrected chi connectivity index (χ3v) is 6.34. The number of Topliss-reactive ketones (excluding diaryl/α,β-unsaturated/α-hetero) is 1. The van der Waals surface area contributed by atoms with Gasteiger partial charge in [0.15, 0.2) is 0 Å². The summed E-state index contributed by atoms with van der Waals surface area (Å²) < 4.78 is 5.75. The Morgan fingerprint density at radius 3 is 2.52 bits per heavy atom. The highest BCUT2D eigenvalue weighted by molar-refractivity contribution is 6.46. The van der Waals surface area contributed by atoms with E-state index >= 15 is 0 Å². The Kier molecular flexibility index (Phi) is 5.43. The molecule has 1 saturated heterocycles. The van der Waals surface area contributed by atoms with Crippen molar-refractivity contribution < 1.29 is 19.4 Å². The monoisotopic (exact) mass is 459 g/mol. The Hall–Kier alpha value is -3.57. The number of likely N-dealkylation sites (tertiary alicyclic amines) is 1. The molecular formula is C27H22ClNO4. The fraction of sp³-hybridized carbons (Fsp3) is 0.185. The van der Waals surface area contributed by atoms with E-state index in [1.807, 2.05) is 43.3 Å². The summed E-state index contributed by atoms with van der Waals surface area (Å²) in [7, 11) is 0. The van der Waals surface area contributed by atoms with Crippen LogP contribution in [-0.4, -0.2) is 27.8 Å². The summed E-state index contributed by atoms with van der Waals surface area (Å²) in [5.41, 5.74) is 3.12. The van der Waals surface area contributed by atoms with Crippen molar-refractivity contribution in [3.05, 3.63) is 106 Å². The van der Waals surface area contributed by atoms with E-state index in [4.69, 9.17) is 16.3 Å². The average Bonchev–Trinajstić information content (AvgIpc) is 3.31. The highest BCUT2D eigenvalue weighted by atomic mass is 35.5. The molecule has 0 aromatic heterocycles. The van der Waals surface area contributed by atoms with Gasteiger partial charge in [-0.15, -0.1) is 0 Å². The molecule has 0 bridgehead atoms. The van der Waals surface area contributed by atoms with Crippen LogP contribution in [0, 0.1) is 0 Å². The minimum atomic E-state index is -0.731. The van der Waals surface area contributed by atoms with Crippen LogP contribution >= 0.6 is 11.6 Å². The van der Waals surface area contributed by atoms with Gasteiger partial charge in [0.05, 0.1) is 11.6 Å². The molecule has 33 heavy (non-hydrogen) atoms. The Balaban J connectivity index is 1.62. The molecule has 1 N–H and O–H groups in total. The Labute approximate surface area is 196 Å². The van der Waals surface area contributed by atoms with Gasteiger partial charge >= 0.3 is 0 Å². The maximum absolute atomic E-state index is 13.2. The predicted octanol–water partition coefficient (Wildman–Crippen LogP) is 5.29. The summed E-state index contributed by atoms with van der Waals surface area (Å²) >= 11 is 6.08. The summed E-state index contributed by atoms with van der Waals surface area (Å²) in [6.45, 7) is 2.22. The van der Waals surface area contributed by atoms with E-state index in [9.17, 15) is 14.7 Å². The van der Waals surface area contributed by atoms with Crippen LogP contribution in [0.1, 0.15) is 35.2 Å². The number of fused-ring (bicyclic) bond motifs is 1. The minimum absolute atomic E-state index is 0.0583. The molecule has 0 unspecified atom stereocenters. The summed E-state index contributed by atoms with van der Waals surface area (Å²) in [4.78, 5) is 27.8. The Bertz CT molecular complexity index is 1270. The smallest absolute Gasteiger partial charge is 0.295 e. The first-order valence-corrected chi connectivity index (χ1v) is 11.2.